The summed E-state index contributed by atoms with van der Waals surface area (Å²) in [4.78, 5) is 25.9. The maximum atomic E-state index is 12.5. The molecule has 0 saturated carbocycles. The zero-order valence-electron chi connectivity index (χ0n) is 16.4. The number of likely N-dealkylation sites (tertiary alicyclic amines) is 2. The molecule has 1 amide bonds. The van der Waals surface area contributed by atoms with E-state index in [1.165, 1.54) is 18.4 Å². The van der Waals surface area contributed by atoms with E-state index in [2.05, 4.69) is 16.2 Å². The highest BCUT2D eigenvalue weighted by molar-refractivity contribution is 5.91. The standard InChI is InChI=1S/C17H22N4O2.C2HF3O2/c1-19-9-13(8-18-19)10-20-6-2-4-14-11-21(12-15(14)20)17(22)16-5-3-7-23-16;3-2(4,5)1(6)7/h3,5,7-9,14-15H,2,4,6,10-12H2,1H3;(H,6,7)/t14-,15+;/m1./s1. The van der Waals surface area contributed by atoms with E-state index in [0.29, 0.717) is 17.7 Å². The monoisotopic (exact) mass is 428 g/mol. The highest BCUT2D eigenvalue weighted by Gasteiger charge is 2.41. The van der Waals surface area contributed by atoms with Crippen LogP contribution in [0.25, 0.3) is 0 Å². The number of rotatable bonds is 3. The van der Waals surface area contributed by atoms with Gasteiger partial charge in [-0.15, -0.1) is 0 Å². The average Bonchev–Trinajstić information content (AvgIpc) is 3.42. The molecule has 11 heteroatoms. The molecule has 2 aromatic heterocycles. The molecule has 2 aliphatic heterocycles. The topological polar surface area (TPSA) is 91.8 Å². The molecular formula is C19H23F3N4O4. The SMILES string of the molecule is Cn1cc(CN2CCC[C@@H]3CN(C(=O)c4ccco4)C[C@@H]32)cn1.O=C(O)C(F)(F)F. The minimum Gasteiger partial charge on any atom is -0.475 e. The van der Waals surface area contributed by atoms with Gasteiger partial charge in [0.25, 0.3) is 5.91 Å². The summed E-state index contributed by atoms with van der Waals surface area (Å²) in [6, 6.07) is 3.96. The molecule has 4 rings (SSSR count). The third-order valence-corrected chi connectivity index (χ3v) is 5.30. The van der Waals surface area contributed by atoms with Gasteiger partial charge in [-0.2, -0.15) is 18.3 Å². The molecule has 0 aromatic carbocycles. The Hall–Kier alpha value is -2.82. The molecule has 0 bridgehead atoms. The lowest BCUT2D eigenvalue weighted by molar-refractivity contribution is -0.192. The average molecular weight is 428 g/mol. The molecule has 1 N–H and O–H groups in total. The van der Waals surface area contributed by atoms with Crippen LogP contribution in [-0.2, 0) is 18.4 Å². The smallest absolute Gasteiger partial charge is 0.475 e. The molecule has 2 aromatic rings. The number of carboxylic acids is 1. The maximum absolute atomic E-state index is 12.5. The number of aromatic nitrogens is 2. The van der Waals surface area contributed by atoms with Crippen molar-refractivity contribution in [2.24, 2.45) is 13.0 Å². The largest absolute Gasteiger partial charge is 0.490 e. The van der Waals surface area contributed by atoms with Crippen LogP contribution in [0.5, 0.6) is 0 Å². The fourth-order valence-electron chi connectivity index (χ4n) is 3.98. The number of carbonyl (C=O) groups excluding carboxylic acids is 1. The number of carbonyl (C=O) groups is 2. The lowest BCUT2D eigenvalue weighted by Crippen LogP contribution is -2.44. The first kappa shape index (κ1) is 21.9. The Labute approximate surface area is 170 Å². The number of hydrogen-bond donors (Lipinski definition) is 1. The summed E-state index contributed by atoms with van der Waals surface area (Å²) in [6.07, 6.45) is 2.89. The zero-order chi connectivity index (χ0) is 21.9. The molecule has 2 atom stereocenters. The minimum atomic E-state index is -5.08. The van der Waals surface area contributed by atoms with E-state index in [9.17, 15) is 18.0 Å². The number of furan rings is 1. The van der Waals surface area contributed by atoms with Crippen molar-refractivity contribution in [1.82, 2.24) is 19.6 Å². The fraction of sp³-hybridized carbons (Fsp3) is 0.526. The van der Waals surface area contributed by atoms with Gasteiger partial charge in [0.15, 0.2) is 5.76 Å². The lowest BCUT2D eigenvalue weighted by Gasteiger charge is -2.36. The van der Waals surface area contributed by atoms with Gasteiger partial charge in [-0.1, -0.05) is 0 Å². The van der Waals surface area contributed by atoms with E-state index in [4.69, 9.17) is 14.3 Å². The molecule has 4 heterocycles. The number of aliphatic carboxylic acids is 1. The number of alkyl halides is 3. The molecular weight excluding hydrogens is 405 g/mol. The molecule has 2 saturated heterocycles. The van der Waals surface area contributed by atoms with E-state index in [0.717, 1.165) is 26.2 Å². The quantitative estimate of drug-likeness (QED) is 0.807. The highest BCUT2D eigenvalue weighted by atomic mass is 19.4. The Kier molecular flexibility index (Phi) is 6.49. The van der Waals surface area contributed by atoms with Crippen molar-refractivity contribution in [2.45, 2.75) is 31.6 Å². The van der Waals surface area contributed by atoms with E-state index < -0.39 is 12.1 Å². The number of fused-ring (bicyclic) bond motifs is 1. The highest BCUT2D eigenvalue weighted by Crippen LogP contribution is 2.32. The molecule has 2 aliphatic rings. The fourth-order valence-corrected chi connectivity index (χ4v) is 3.98. The number of amides is 1. The number of halogens is 3. The third-order valence-electron chi connectivity index (χ3n) is 5.30. The van der Waals surface area contributed by atoms with Crippen molar-refractivity contribution in [3.05, 3.63) is 42.1 Å². The normalized spacial score (nSPS) is 21.7. The number of piperidine rings is 1. The second kappa shape index (κ2) is 8.90. The maximum Gasteiger partial charge on any atom is 0.490 e. The lowest BCUT2D eigenvalue weighted by atomic mass is 9.92. The molecule has 0 spiro atoms. The van der Waals surface area contributed by atoms with E-state index >= 15 is 0 Å². The summed E-state index contributed by atoms with van der Waals surface area (Å²) in [7, 11) is 1.95. The number of aryl methyl sites for hydroxylation is 1. The summed E-state index contributed by atoms with van der Waals surface area (Å²) >= 11 is 0. The summed E-state index contributed by atoms with van der Waals surface area (Å²) in [6.45, 7) is 3.65. The second-order valence-electron chi connectivity index (χ2n) is 7.45. The van der Waals surface area contributed by atoms with Gasteiger partial charge < -0.3 is 14.4 Å². The molecule has 0 unspecified atom stereocenters. The van der Waals surface area contributed by atoms with Crippen LogP contribution in [-0.4, -0.2) is 68.4 Å². The van der Waals surface area contributed by atoms with Crippen LogP contribution in [0.1, 0.15) is 29.0 Å². The Morgan fingerprint density at radius 1 is 1.33 bits per heavy atom. The van der Waals surface area contributed by atoms with Gasteiger partial charge in [0.2, 0.25) is 0 Å². The second-order valence-corrected chi connectivity index (χ2v) is 7.45. The first-order valence-corrected chi connectivity index (χ1v) is 9.49. The van der Waals surface area contributed by atoms with Crippen LogP contribution in [0.4, 0.5) is 13.2 Å². The van der Waals surface area contributed by atoms with Crippen molar-refractivity contribution in [3.8, 4) is 0 Å². The van der Waals surface area contributed by atoms with Crippen LogP contribution >= 0.6 is 0 Å². The molecule has 30 heavy (non-hydrogen) atoms. The molecule has 0 radical (unpaired) electrons. The predicted octanol–water partition coefficient (Wildman–Crippen LogP) is 2.38. The Bertz CT molecular complexity index is 866. The zero-order valence-corrected chi connectivity index (χ0v) is 16.4. The van der Waals surface area contributed by atoms with Gasteiger partial charge in [0, 0.05) is 44.5 Å². The van der Waals surface area contributed by atoms with Crippen LogP contribution in [0, 0.1) is 5.92 Å². The Balaban J connectivity index is 0.000000318. The first-order chi connectivity index (χ1) is 14.1. The van der Waals surface area contributed by atoms with Crippen LogP contribution in [0.2, 0.25) is 0 Å². The van der Waals surface area contributed by atoms with Gasteiger partial charge in [0.1, 0.15) is 0 Å². The molecule has 164 valence electrons. The van der Waals surface area contributed by atoms with Crippen LogP contribution in [0.15, 0.2) is 35.2 Å². The third kappa shape index (κ3) is 5.21. The van der Waals surface area contributed by atoms with Gasteiger partial charge in [-0.3, -0.25) is 14.4 Å². The van der Waals surface area contributed by atoms with Crippen molar-refractivity contribution in [1.29, 1.82) is 0 Å². The Morgan fingerprint density at radius 2 is 2.07 bits per heavy atom. The van der Waals surface area contributed by atoms with Gasteiger partial charge in [0.05, 0.1) is 12.5 Å². The summed E-state index contributed by atoms with van der Waals surface area (Å²) < 4.78 is 38.9. The first-order valence-electron chi connectivity index (χ1n) is 9.49. The van der Waals surface area contributed by atoms with Crippen LogP contribution in [0.3, 0.4) is 0 Å². The van der Waals surface area contributed by atoms with Gasteiger partial charge in [-0.25, -0.2) is 4.79 Å². The molecule has 0 aliphatic carbocycles. The summed E-state index contributed by atoms with van der Waals surface area (Å²) in [5, 5.41) is 11.4. The number of nitrogens with zero attached hydrogens (tertiary/aromatic N) is 4. The van der Waals surface area contributed by atoms with Crippen molar-refractivity contribution < 1.29 is 32.3 Å². The Morgan fingerprint density at radius 3 is 2.63 bits per heavy atom. The van der Waals surface area contributed by atoms with Crippen molar-refractivity contribution in [2.75, 3.05) is 19.6 Å². The molecule has 8 nitrogen and oxygen atoms in total. The predicted molar refractivity (Wildman–Crippen MR) is 98.4 cm³/mol. The van der Waals surface area contributed by atoms with Crippen molar-refractivity contribution in [3.63, 3.8) is 0 Å². The summed E-state index contributed by atoms with van der Waals surface area (Å²) in [5.41, 5.74) is 1.24. The van der Waals surface area contributed by atoms with Gasteiger partial charge >= 0.3 is 12.1 Å². The van der Waals surface area contributed by atoms with E-state index in [1.807, 2.05) is 22.8 Å². The minimum absolute atomic E-state index is 0.0192. The molecule has 2 fully saturated rings. The van der Waals surface area contributed by atoms with E-state index in [1.54, 1.807) is 18.4 Å². The summed E-state index contributed by atoms with van der Waals surface area (Å²) in [5.74, 6) is -1.72. The van der Waals surface area contributed by atoms with Crippen molar-refractivity contribution >= 4 is 11.9 Å². The van der Waals surface area contributed by atoms with Gasteiger partial charge in [-0.05, 0) is 37.4 Å². The number of hydrogen-bond acceptors (Lipinski definition) is 5. The van der Waals surface area contributed by atoms with E-state index in [-0.39, 0.29) is 5.91 Å². The number of carboxylic acid groups (broad SMARTS) is 1. The van der Waals surface area contributed by atoms with Crippen LogP contribution < -0.4 is 0 Å².